The Balaban J connectivity index is 1.69. The number of ether oxygens (including phenoxy) is 1. The zero-order valence-electron chi connectivity index (χ0n) is 18.1. The van der Waals surface area contributed by atoms with Gasteiger partial charge in [-0.15, -0.1) is 0 Å². The predicted molar refractivity (Wildman–Crippen MR) is 124 cm³/mol. The zero-order chi connectivity index (χ0) is 22.7. The molecule has 8 heteroatoms. The number of nitrogens with one attached hydrogen (secondary N) is 1. The van der Waals surface area contributed by atoms with E-state index in [1.165, 1.54) is 7.11 Å². The fraction of sp³-hybridized carbons (Fsp3) is 0.292. The molecule has 166 valence electrons. The number of hydrogen-bond donors (Lipinski definition) is 2. The molecule has 0 aliphatic rings. The molecule has 0 amide bonds. The van der Waals surface area contributed by atoms with E-state index in [2.05, 4.69) is 21.9 Å². The maximum atomic E-state index is 12.1. The molecular weight excluding hydrogens is 428 g/mol. The Morgan fingerprint density at radius 2 is 2.03 bits per heavy atom. The van der Waals surface area contributed by atoms with Crippen LogP contribution >= 0.6 is 11.6 Å². The lowest BCUT2D eigenvalue weighted by atomic mass is 10.1. The molecule has 0 saturated carbocycles. The van der Waals surface area contributed by atoms with Crippen molar-refractivity contribution in [3.63, 3.8) is 0 Å². The Bertz CT molecular complexity index is 1260. The number of unbranched alkanes of at least 4 members (excludes halogenated alkanes) is 1. The Kier molecular flexibility index (Phi) is 6.58. The largest absolute Gasteiger partial charge is 0.465 e. The maximum absolute atomic E-state index is 12.1. The summed E-state index contributed by atoms with van der Waals surface area (Å²) < 4.78 is 6.89. The number of aliphatic hydroxyl groups excluding tert-OH is 1. The number of fused-ring (bicyclic) bond motifs is 1. The number of aromatic amines is 1. The first-order valence-corrected chi connectivity index (χ1v) is 10.9. The summed E-state index contributed by atoms with van der Waals surface area (Å²) in [5.41, 5.74) is 4.42. The monoisotopic (exact) mass is 452 g/mol. The van der Waals surface area contributed by atoms with Crippen LogP contribution in [0.3, 0.4) is 0 Å². The molecule has 7 nitrogen and oxygen atoms in total. The molecule has 0 radical (unpaired) electrons. The molecule has 0 aliphatic carbocycles. The lowest BCUT2D eigenvalue weighted by Crippen LogP contribution is -2.09. The topological polar surface area (TPSA) is 93.0 Å². The molecule has 4 rings (SSSR count). The first-order valence-electron chi connectivity index (χ1n) is 10.6. The lowest BCUT2D eigenvalue weighted by molar-refractivity contribution is 0.0601. The van der Waals surface area contributed by atoms with Crippen LogP contribution in [-0.2, 0) is 24.3 Å². The zero-order valence-corrected chi connectivity index (χ0v) is 18.8. The smallest absolute Gasteiger partial charge is 0.338 e. The summed E-state index contributed by atoms with van der Waals surface area (Å²) in [5.74, 6) is 1.07. The Hall–Kier alpha value is -3.16. The van der Waals surface area contributed by atoms with Gasteiger partial charge in [0.05, 0.1) is 36.0 Å². The SMILES string of the molecule is CCCCc1nc(Cl)c(CO)n1Cc1ccc2nc(-c3ccccc3C(=O)OC)[nH]c2c1. The summed E-state index contributed by atoms with van der Waals surface area (Å²) in [7, 11) is 1.36. The van der Waals surface area contributed by atoms with Gasteiger partial charge in [0.15, 0.2) is 5.15 Å². The molecule has 0 atom stereocenters. The van der Waals surface area contributed by atoms with Crippen LogP contribution in [-0.4, -0.2) is 37.7 Å². The number of benzene rings is 2. The summed E-state index contributed by atoms with van der Waals surface area (Å²) in [5, 5.41) is 10.2. The van der Waals surface area contributed by atoms with Crippen molar-refractivity contribution in [2.24, 2.45) is 0 Å². The number of hydrogen-bond acceptors (Lipinski definition) is 5. The van der Waals surface area contributed by atoms with E-state index < -0.39 is 5.97 Å². The van der Waals surface area contributed by atoms with E-state index in [0.717, 1.165) is 41.7 Å². The average molecular weight is 453 g/mol. The Morgan fingerprint density at radius 1 is 1.22 bits per heavy atom. The minimum atomic E-state index is -0.408. The number of rotatable bonds is 8. The van der Waals surface area contributed by atoms with E-state index >= 15 is 0 Å². The van der Waals surface area contributed by atoms with Crippen molar-refractivity contribution in [2.45, 2.75) is 39.3 Å². The van der Waals surface area contributed by atoms with Crippen molar-refractivity contribution >= 4 is 28.6 Å². The van der Waals surface area contributed by atoms with Crippen LogP contribution in [0.2, 0.25) is 5.15 Å². The van der Waals surface area contributed by atoms with E-state index in [0.29, 0.717) is 34.3 Å². The molecule has 0 aliphatic heterocycles. The summed E-state index contributed by atoms with van der Waals surface area (Å²) in [4.78, 5) is 24.6. The summed E-state index contributed by atoms with van der Waals surface area (Å²) in [6, 6.07) is 13.2. The number of halogens is 1. The Morgan fingerprint density at radius 3 is 2.78 bits per heavy atom. The third-order valence-electron chi connectivity index (χ3n) is 5.48. The van der Waals surface area contributed by atoms with Crippen molar-refractivity contribution < 1.29 is 14.6 Å². The molecule has 0 spiro atoms. The van der Waals surface area contributed by atoms with Gasteiger partial charge in [0.1, 0.15) is 11.6 Å². The van der Waals surface area contributed by atoms with Crippen LogP contribution in [0.1, 0.15) is 47.2 Å². The quantitative estimate of drug-likeness (QED) is 0.376. The summed E-state index contributed by atoms with van der Waals surface area (Å²) in [6.45, 7) is 2.50. The molecule has 0 saturated heterocycles. The third kappa shape index (κ3) is 4.26. The minimum absolute atomic E-state index is 0.168. The predicted octanol–water partition coefficient (Wildman–Crippen LogP) is 4.75. The highest BCUT2D eigenvalue weighted by Gasteiger charge is 2.17. The number of methoxy groups -OCH3 is 1. The number of esters is 1. The minimum Gasteiger partial charge on any atom is -0.465 e. The van der Waals surface area contributed by atoms with Crippen LogP contribution in [0, 0.1) is 0 Å². The molecule has 4 aromatic rings. The second-order valence-electron chi connectivity index (χ2n) is 7.59. The van der Waals surface area contributed by atoms with Crippen LogP contribution in [0.5, 0.6) is 0 Å². The maximum Gasteiger partial charge on any atom is 0.338 e. The van der Waals surface area contributed by atoms with Gasteiger partial charge in [-0.25, -0.2) is 14.8 Å². The van der Waals surface area contributed by atoms with E-state index in [1.54, 1.807) is 12.1 Å². The molecule has 0 bridgehead atoms. The van der Waals surface area contributed by atoms with Gasteiger partial charge in [0.25, 0.3) is 0 Å². The van der Waals surface area contributed by atoms with Crippen molar-refractivity contribution in [1.29, 1.82) is 0 Å². The number of nitrogens with zero attached hydrogens (tertiary/aromatic N) is 3. The van der Waals surface area contributed by atoms with Gasteiger partial charge in [-0.3, -0.25) is 0 Å². The first-order chi connectivity index (χ1) is 15.5. The fourth-order valence-corrected chi connectivity index (χ4v) is 4.07. The second kappa shape index (κ2) is 9.54. The van der Waals surface area contributed by atoms with E-state index in [9.17, 15) is 9.90 Å². The van der Waals surface area contributed by atoms with Gasteiger partial charge >= 0.3 is 5.97 Å². The van der Waals surface area contributed by atoms with E-state index in [4.69, 9.17) is 16.3 Å². The van der Waals surface area contributed by atoms with Gasteiger partial charge in [-0.2, -0.15) is 0 Å². The van der Waals surface area contributed by atoms with Crippen molar-refractivity contribution in [3.05, 3.63) is 70.3 Å². The van der Waals surface area contributed by atoms with Gasteiger partial charge in [0.2, 0.25) is 0 Å². The highest BCUT2D eigenvalue weighted by atomic mass is 35.5. The number of aromatic nitrogens is 4. The number of carbonyl (C=O) groups excluding carboxylic acids is 1. The number of carbonyl (C=O) groups is 1. The van der Waals surface area contributed by atoms with Gasteiger partial charge in [-0.1, -0.05) is 49.2 Å². The summed E-state index contributed by atoms with van der Waals surface area (Å²) in [6.07, 6.45) is 2.85. The highest BCUT2D eigenvalue weighted by Crippen LogP contribution is 2.26. The number of aliphatic hydroxyl groups is 1. The second-order valence-corrected chi connectivity index (χ2v) is 7.95. The standard InChI is InChI=1S/C24H25ClN4O3/c1-3-4-9-21-28-22(25)20(14-30)29(21)13-15-10-11-18-19(12-15)27-23(26-18)16-7-5-6-8-17(16)24(31)32-2/h5-8,10-12,30H,3-4,9,13-14H2,1-2H3,(H,26,27). The van der Waals surface area contributed by atoms with Crippen LogP contribution in [0.4, 0.5) is 0 Å². The fourth-order valence-electron chi connectivity index (χ4n) is 3.81. The van der Waals surface area contributed by atoms with Crippen LogP contribution < -0.4 is 0 Å². The number of H-pyrrole nitrogens is 1. The molecule has 2 aromatic carbocycles. The van der Waals surface area contributed by atoms with Crippen LogP contribution in [0.25, 0.3) is 22.4 Å². The average Bonchev–Trinajstić information content (AvgIpc) is 3.37. The van der Waals surface area contributed by atoms with Crippen molar-refractivity contribution in [1.82, 2.24) is 19.5 Å². The Labute approximate surface area is 191 Å². The van der Waals surface area contributed by atoms with Crippen molar-refractivity contribution in [3.8, 4) is 11.4 Å². The molecule has 2 N–H and O–H groups in total. The molecule has 2 heterocycles. The first kappa shape index (κ1) is 22.0. The van der Waals surface area contributed by atoms with E-state index in [-0.39, 0.29) is 6.61 Å². The number of aryl methyl sites for hydroxylation is 1. The van der Waals surface area contributed by atoms with Gasteiger partial charge in [0, 0.05) is 18.5 Å². The molecular formula is C24H25ClN4O3. The van der Waals surface area contributed by atoms with Gasteiger partial charge in [-0.05, 0) is 30.2 Å². The normalized spacial score (nSPS) is 11.2. The lowest BCUT2D eigenvalue weighted by Gasteiger charge is -2.11. The molecule has 32 heavy (non-hydrogen) atoms. The van der Waals surface area contributed by atoms with Crippen molar-refractivity contribution in [2.75, 3.05) is 7.11 Å². The molecule has 0 unspecified atom stereocenters. The van der Waals surface area contributed by atoms with Gasteiger partial charge < -0.3 is 19.4 Å². The van der Waals surface area contributed by atoms with Crippen LogP contribution in [0.15, 0.2) is 42.5 Å². The molecule has 2 aromatic heterocycles. The number of imidazole rings is 2. The van der Waals surface area contributed by atoms with E-state index in [1.807, 2.05) is 34.9 Å². The highest BCUT2D eigenvalue weighted by molar-refractivity contribution is 6.30. The molecule has 0 fully saturated rings. The summed E-state index contributed by atoms with van der Waals surface area (Å²) >= 11 is 6.27. The third-order valence-corrected chi connectivity index (χ3v) is 5.78.